The zero-order valence-corrected chi connectivity index (χ0v) is 12.6. The highest BCUT2D eigenvalue weighted by atomic mass is 79.9. The van der Waals surface area contributed by atoms with Gasteiger partial charge in [0.25, 0.3) is 0 Å². The van der Waals surface area contributed by atoms with Crippen LogP contribution in [0.2, 0.25) is 0 Å². The molecular formula is C14H21BrFN. The van der Waals surface area contributed by atoms with E-state index in [4.69, 9.17) is 0 Å². The summed E-state index contributed by atoms with van der Waals surface area (Å²) in [5, 5.41) is 3.40. The summed E-state index contributed by atoms with van der Waals surface area (Å²) in [6, 6.07) is 5.25. The molecule has 1 atom stereocenters. The van der Waals surface area contributed by atoms with Crippen molar-refractivity contribution in [1.29, 1.82) is 0 Å². The number of rotatable bonds is 5. The third-order valence-electron chi connectivity index (χ3n) is 3.27. The maximum absolute atomic E-state index is 13.7. The van der Waals surface area contributed by atoms with Gasteiger partial charge in [-0.25, -0.2) is 4.39 Å². The molecule has 0 saturated carbocycles. The van der Waals surface area contributed by atoms with E-state index in [0.29, 0.717) is 0 Å². The number of nitrogens with one attached hydrogen (secondary N) is 1. The van der Waals surface area contributed by atoms with Gasteiger partial charge in [-0.3, -0.25) is 0 Å². The second kappa shape index (κ2) is 5.96. The lowest BCUT2D eigenvalue weighted by atomic mass is 9.90. The molecule has 0 spiro atoms. The summed E-state index contributed by atoms with van der Waals surface area (Å²) < 4.78 is 14.5. The van der Waals surface area contributed by atoms with Crippen molar-refractivity contribution in [3.05, 3.63) is 34.1 Å². The molecule has 0 amide bonds. The summed E-state index contributed by atoms with van der Waals surface area (Å²) in [4.78, 5) is 0. The Hall–Kier alpha value is -0.410. The fourth-order valence-corrected chi connectivity index (χ4v) is 1.85. The molecular weight excluding hydrogens is 281 g/mol. The Kier molecular flexibility index (Phi) is 5.14. The van der Waals surface area contributed by atoms with Gasteiger partial charge in [0, 0.05) is 22.6 Å². The van der Waals surface area contributed by atoms with Gasteiger partial charge < -0.3 is 5.32 Å². The van der Waals surface area contributed by atoms with E-state index in [9.17, 15) is 4.39 Å². The Morgan fingerprint density at radius 3 is 2.59 bits per heavy atom. The van der Waals surface area contributed by atoms with Crippen molar-refractivity contribution in [3.63, 3.8) is 0 Å². The Morgan fingerprint density at radius 2 is 2.06 bits per heavy atom. The van der Waals surface area contributed by atoms with Crippen LogP contribution in [0.1, 0.15) is 45.7 Å². The Morgan fingerprint density at radius 1 is 1.41 bits per heavy atom. The molecule has 1 aromatic rings. The van der Waals surface area contributed by atoms with E-state index in [2.05, 4.69) is 42.0 Å². The van der Waals surface area contributed by atoms with Crippen LogP contribution in [0.5, 0.6) is 0 Å². The molecule has 1 rings (SSSR count). The van der Waals surface area contributed by atoms with Crippen molar-refractivity contribution in [2.24, 2.45) is 5.41 Å². The highest BCUT2D eigenvalue weighted by molar-refractivity contribution is 9.10. The van der Waals surface area contributed by atoms with Crippen molar-refractivity contribution in [2.45, 2.75) is 40.2 Å². The first-order valence-corrected chi connectivity index (χ1v) is 6.83. The lowest BCUT2D eigenvalue weighted by molar-refractivity contribution is 0.312. The summed E-state index contributed by atoms with van der Waals surface area (Å²) in [6.07, 6.45) is 1.11. The van der Waals surface area contributed by atoms with E-state index in [-0.39, 0.29) is 17.3 Å². The average Bonchev–Trinajstić information content (AvgIpc) is 2.26. The van der Waals surface area contributed by atoms with Crippen LogP contribution in [-0.4, -0.2) is 6.54 Å². The molecule has 96 valence electrons. The maximum Gasteiger partial charge on any atom is 0.129 e. The van der Waals surface area contributed by atoms with Crippen LogP contribution in [0.4, 0.5) is 4.39 Å². The second-order valence-electron chi connectivity index (χ2n) is 5.29. The van der Waals surface area contributed by atoms with Crippen LogP contribution in [0.3, 0.4) is 0 Å². The molecule has 1 unspecified atom stereocenters. The van der Waals surface area contributed by atoms with Gasteiger partial charge in [-0.05, 0) is 30.9 Å². The minimum absolute atomic E-state index is 0.0360. The third kappa shape index (κ3) is 4.40. The van der Waals surface area contributed by atoms with Crippen LogP contribution in [0.15, 0.2) is 22.7 Å². The largest absolute Gasteiger partial charge is 0.310 e. The zero-order valence-electron chi connectivity index (χ0n) is 11.0. The fourth-order valence-electron chi connectivity index (χ4n) is 1.52. The van der Waals surface area contributed by atoms with Gasteiger partial charge >= 0.3 is 0 Å². The Labute approximate surface area is 112 Å². The van der Waals surface area contributed by atoms with Crippen LogP contribution < -0.4 is 5.32 Å². The molecule has 0 bridgehead atoms. The number of benzene rings is 1. The highest BCUT2D eigenvalue weighted by Crippen LogP contribution is 2.23. The first-order chi connectivity index (χ1) is 7.85. The van der Waals surface area contributed by atoms with Gasteiger partial charge in [-0.1, -0.05) is 42.8 Å². The summed E-state index contributed by atoms with van der Waals surface area (Å²) in [6.45, 7) is 9.49. The van der Waals surface area contributed by atoms with Crippen molar-refractivity contribution < 1.29 is 4.39 Å². The summed E-state index contributed by atoms with van der Waals surface area (Å²) in [5.74, 6) is -0.159. The van der Waals surface area contributed by atoms with Crippen LogP contribution >= 0.6 is 15.9 Å². The van der Waals surface area contributed by atoms with E-state index in [1.54, 1.807) is 0 Å². The molecule has 1 N–H and O–H groups in total. The topological polar surface area (TPSA) is 12.0 Å². The molecule has 0 fully saturated rings. The van der Waals surface area contributed by atoms with E-state index >= 15 is 0 Å². The molecule has 0 heterocycles. The minimum atomic E-state index is -0.159. The van der Waals surface area contributed by atoms with E-state index in [0.717, 1.165) is 23.0 Å². The van der Waals surface area contributed by atoms with Crippen molar-refractivity contribution >= 4 is 15.9 Å². The van der Waals surface area contributed by atoms with Gasteiger partial charge in [0.15, 0.2) is 0 Å². The summed E-state index contributed by atoms with van der Waals surface area (Å²) >= 11 is 3.27. The lowest BCUT2D eigenvalue weighted by Gasteiger charge is -2.26. The molecule has 0 saturated heterocycles. The smallest absolute Gasteiger partial charge is 0.129 e. The lowest BCUT2D eigenvalue weighted by Crippen LogP contribution is -2.31. The van der Waals surface area contributed by atoms with E-state index in [1.807, 2.05) is 19.1 Å². The Bertz CT molecular complexity index is 376. The monoisotopic (exact) mass is 301 g/mol. The number of hydrogen-bond donors (Lipinski definition) is 1. The summed E-state index contributed by atoms with van der Waals surface area (Å²) in [7, 11) is 0. The zero-order chi connectivity index (χ0) is 13.1. The maximum atomic E-state index is 13.7. The molecule has 0 aromatic heterocycles. The predicted octanol–water partition coefficient (Wildman–Crippen LogP) is 4.68. The van der Waals surface area contributed by atoms with E-state index in [1.165, 1.54) is 6.07 Å². The van der Waals surface area contributed by atoms with Gasteiger partial charge in [-0.2, -0.15) is 0 Å². The van der Waals surface area contributed by atoms with Gasteiger partial charge in [0.05, 0.1) is 0 Å². The average molecular weight is 302 g/mol. The molecule has 0 radical (unpaired) electrons. The second-order valence-corrected chi connectivity index (χ2v) is 6.20. The predicted molar refractivity (Wildman–Crippen MR) is 74.6 cm³/mol. The Balaban J connectivity index is 2.67. The summed E-state index contributed by atoms with van der Waals surface area (Å²) in [5.41, 5.74) is 0.972. The normalized spacial score (nSPS) is 13.8. The third-order valence-corrected chi connectivity index (χ3v) is 3.77. The quantitative estimate of drug-likeness (QED) is 0.833. The minimum Gasteiger partial charge on any atom is -0.310 e. The molecule has 0 aliphatic rings. The van der Waals surface area contributed by atoms with Crippen LogP contribution in [-0.2, 0) is 0 Å². The molecule has 0 aliphatic heterocycles. The molecule has 1 aromatic carbocycles. The van der Waals surface area contributed by atoms with Crippen molar-refractivity contribution in [3.8, 4) is 0 Å². The fraction of sp³-hybridized carbons (Fsp3) is 0.571. The molecule has 17 heavy (non-hydrogen) atoms. The first-order valence-electron chi connectivity index (χ1n) is 6.04. The van der Waals surface area contributed by atoms with Crippen molar-refractivity contribution in [1.82, 2.24) is 5.32 Å². The highest BCUT2D eigenvalue weighted by Gasteiger charge is 2.17. The SMILES string of the molecule is CCC(C)(C)CNC(C)c1ccc(Br)cc1F. The number of halogens is 2. The van der Waals surface area contributed by atoms with Crippen LogP contribution in [0.25, 0.3) is 0 Å². The first kappa shape index (κ1) is 14.7. The van der Waals surface area contributed by atoms with Gasteiger partial charge in [-0.15, -0.1) is 0 Å². The molecule has 1 nitrogen and oxygen atoms in total. The van der Waals surface area contributed by atoms with Gasteiger partial charge in [0.2, 0.25) is 0 Å². The van der Waals surface area contributed by atoms with Crippen molar-refractivity contribution in [2.75, 3.05) is 6.54 Å². The molecule has 3 heteroatoms. The molecule has 0 aliphatic carbocycles. The van der Waals surface area contributed by atoms with E-state index < -0.39 is 0 Å². The number of hydrogen-bond acceptors (Lipinski definition) is 1. The van der Waals surface area contributed by atoms with Crippen LogP contribution in [0, 0.1) is 11.2 Å². The van der Waals surface area contributed by atoms with Gasteiger partial charge in [0.1, 0.15) is 5.82 Å². The standard InChI is InChI=1S/C14H21BrFN/c1-5-14(3,4)9-17-10(2)12-7-6-11(15)8-13(12)16/h6-8,10,17H,5,9H2,1-4H3.